The SMILES string of the molecule is CCNC(c1cccc(Br)c1)c1cnccc1C. The number of rotatable bonds is 4. The number of aromatic nitrogens is 1. The third-order valence-electron chi connectivity index (χ3n) is 2.98. The van der Waals surface area contributed by atoms with Gasteiger partial charge in [0.05, 0.1) is 6.04 Å². The summed E-state index contributed by atoms with van der Waals surface area (Å²) in [6, 6.07) is 10.7. The van der Waals surface area contributed by atoms with Crippen LogP contribution in [0.25, 0.3) is 0 Å². The van der Waals surface area contributed by atoms with Crippen molar-refractivity contribution in [2.45, 2.75) is 19.9 Å². The number of nitrogens with zero attached hydrogens (tertiary/aromatic N) is 1. The van der Waals surface area contributed by atoms with E-state index in [9.17, 15) is 0 Å². The molecule has 0 spiro atoms. The molecular weight excluding hydrogens is 288 g/mol. The molecule has 0 fully saturated rings. The van der Waals surface area contributed by atoms with E-state index in [0.717, 1.165) is 11.0 Å². The van der Waals surface area contributed by atoms with E-state index in [1.165, 1.54) is 16.7 Å². The van der Waals surface area contributed by atoms with Gasteiger partial charge >= 0.3 is 0 Å². The van der Waals surface area contributed by atoms with Crippen molar-refractivity contribution in [3.05, 3.63) is 63.9 Å². The summed E-state index contributed by atoms with van der Waals surface area (Å²) >= 11 is 3.53. The van der Waals surface area contributed by atoms with Gasteiger partial charge in [-0.1, -0.05) is 35.0 Å². The first kappa shape index (κ1) is 13.2. The van der Waals surface area contributed by atoms with E-state index in [1.807, 2.05) is 18.5 Å². The second kappa shape index (κ2) is 6.12. The molecule has 1 aromatic carbocycles. The van der Waals surface area contributed by atoms with Gasteiger partial charge in [-0.05, 0) is 48.4 Å². The maximum atomic E-state index is 4.24. The normalized spacial score (nSPS) is 12.4. The Balaban J connectivity index is 2.43. The first-order chi connectivity index (χ1) is 8.72. The molecule has 0 saturated carbocycles. The highest BCUT2D eigenvalue weighted by Crippen LogP contribution is 2.26. The third kappa shape index (κ3) is 2.98. The van der Waals surface area contributed by atoms with Crippen LogP contribution in [-0.4, -0.2) is 11.5 Å². The van der Waals surface area contributed by atoms with E-state index >= 15 is 0 Å². The molecule has 94 valence electrons. The molecule has 2 aromatic rings. The smallest absolute Gasteiger partial charge is 0.0594 e. The average molecular weight is 305 g/mol. The molecule has 0 saturated heterocycles. The minimum Gasteiger partial charge on any atom is -0.306 e. The molecule has 0 aliphatic heterocycles. The summed E-state index contributed by atoms with van der Waals surface area (Å²) < 4.78 is 1.10. The third-order valence-corrected chi connectivity index (χ3v) is 3.47. The van der Waals surface area contributed by atoms with Gasteiger partial charge in [0.2, 0.25) is 0 Å². The van der Waals surface area contributed by atoms with Gasteiger partial charge in [0.1, 0.15) is 0 Å². The molecule has 0 aliphatic rings. The minimum atomic E-state index is 0.196. The van der Waals surface area contributed by atoms with E-state index in [0.29, 0.717) is 0 Å². The van der Waals surface area contributed by atoms with Gasteiger partial charge < -0.3 is 5.32 Å². The highest BCUT2D eigenvalue weighted by Gasteiger charge is 2.15. The molecule has 0 amide bonds. The van der Waals surface area contributed by atoms with Crippen LogP contribution >= 0.6 is 15.9 Å². The van der Waals surface area contributed by atoms with E-state index in [1.54, 1.807) is 0 Å². The van der Waals surface area contributed by atoms with Gasteiger partial charge in [0.15, 0.2) is 0 Å². The fourth-order valence-corrected chi connectivity index (χ4v) is 2.49. The minimum absolute atomic E-state index is 0.196. The maximum Gasteiger partial charge on any atom is 0.0594 e. The van der Waals surface area contributed by atoms with Crippen LogP contribution in [0, 0.1) is 6.92 Å². The van der Waals surface area contributed by atoms with Crippen molar-refractivity contribution in [1.29, 1.82) is 0 Å². The molecule has 2 rings (SSSR count). The van der Waals surface area contributed by atoms with Crippen molar-refractivity contribution in [2.24, 2.45) is 0 Å². The Morgan fingerprint density at radius 2 is 2.17 bits per heavy atom. The lowest BCUT2D eigenvalue weighted by Gasteiger charge is -2.20. The van der Waals surface area contributed by atoms with Crippen molar-refractivity contribution in [1.82, 2.24) is 10.3 Å². The van der Waals surface area contributed by atoms with Gasteiger partial charge in [-0.3, -0.25) is 4.98 Å². The van der Waals surface area contributed by atoms with Crippen molar-refractivity contribution in [2.75, 3.05) is 6.54 Å². The molecule has 0 aliphatic carbocycles. The summed E-state index contributed by atoms with van der Waals surface area (Å²) in [5.74, 6) is 0. The van der Waals surface area contributed by atoms with Crippen molar-refractivity contribution in [3.8, 4) is 0 Å². The predicted molar refractivity (Wildman–Crippen MR) is 78.6 cm³/mol. The summed E-state index contributed by atoms with van der Waals surface area (Å²) in [5, 5.41) is 3.52. The van der Waals surface area contributed by atoms with Gasteiger partial charge in [0, 0.05) is 16.9 Å². The van der Waals surface area contributed by atoms with Crippen LogP contribution < -0.4 is 5.32 Å². The predicted octanol–water partition coefficient (Wildman–Crippen LogP) is 3.85. The molecule has 18 heavy (non-hydrogen) atoms. The number of halogens is 1. The molecule has 0 radical (unpaired) electrons. The van der Waals surface area contributed by atoms with E-state index in [-0.39, 0.29) is 6.04 Å². The summed E-state index contributed by atoms with van der Waals surface area (Å²) in [5.41, 5.74) is 3.75. The highest BCUT2D eigenvalue weighted by atomic mass is 79.9. The summed E-state index contributed by atoms with van der Waals surface area (Å²) in [6.07, 6.45) is 3.78. The molecule has 1 unspecified atom stereocenters. The molecule has 1 atom stereocenters. The zero-order valence-electron chi connectivity index (χ0n) is 10.7. The summed E-state index contributed by atoms with van der Waals surface area (Å²) in [7, 11) is 0. The number of pyridine rings is 1. The monoisotopic (exact) mass is 304 g/mol. The number of hydrogen-bond acceptors (Lipinski definition) is 2. The van der Waals surface area contributed by atoms with Crippen LogP contribution in [0.2, 0.25) is 0 Å². The Morgan fingerprint density at radius 3 is 2.83 bits per heavy atom. The Bertz CT molecular complexity index is 525. The lowest BCUT2D eigenvalue weighted by molar-refractivity contribution is 0.625. The van der Waals surface area contributed by atoms with Crippen molar-refractivity contribution < 1.29 is 0 Å². The van der Waals surface area contributed by atoms with Crippen LogP contribution in [0.15, 0.2) is 47.2 Å². The first-order valence-corrected chi connectivity index (χ1v) is 6.91. The lowest BCUT2D eigenvalue weighted by Crippen LogP contribution is -2.22. The quantitative estimate of drug-likeness (QED) is 0.928. The molecule has 3 heteroatoms. The maximum absolute atomic E-state index is 4.24. The molecular formula is C15H17BrN2. The topological polar surface area (TPSA) is 24.9 Å². The van der Waals surface area contributed by atoms with Gasteiger partial charge in [-0.2, -0.15) is 0 Å². The number of benzene rings is 1. The molecule has 2 nitrogen and oxygen atoms in total. The van der Waals surface area contributed by atoms with Crippen LogP contribution in [0.3, 0.4) is 0 Å². The Hall–Kier alpha value is -1.19. The van der Waals surface area contributed by atoms with E-state index in [2.05, 4.69) is 64.3 Å². The summed E-state index contributed by atoms with van der Waals surface area (Å²) in [6.45, 7) is 5.17. The lowest BCUT2D eigenvalue weighted by atomic mass is 9.97. The fraction of sp³-hybridized carbons (Fsp3) is 0.267. The summed E-state index contributed by atoms with van der Waals surface area (Å²) in [4.78, 5) is 4.24. The van der Waals surface area contributed by atoms with Gasteiger partial charge in [-0.25, -0.2) is 0 Å². The Morgan fingerprint density at radius 1 is 1.33 bits per heavy atom. The standard InChI is InChI=1S/C15H17BrN2/c1-3-18-15(12-5-4-6-13(16)9-12)14-10-17-8-7-11(14)2/h4-10,15,18H,3H2,1-2H3. The second-order valence-electron chi connectivity index (χ2n) is 4.28. The largest absolute Gasteiger partial charge is 0.306 e. The Labute approximate surface area is 117 Å². The van der Waals surface area contributed by atoms with Crippen molar-refractivity contribution >= 4 is 15.9 Å². The number of hydrogen-bond donors (Lipinski definition) is 1. The van der Waals surface area contributed by atoms with Crippen LogP contribution in [0.5, 0.6) is 0 Å². The van der Waals surface area contributed by atoms with Crippen molar-refractivity contribution in [3.63, 3.8) is 0 Å². The zero-order valence-corrected chi connectivity index (χ0v) is 12.2. The van der Waals surface area contributed by atoms with Gasteiger partial charge in [-0.15, -0.1) is 0 Å². The fourth-order valence-electron chi connectivity index (χ4n) is 2.08. The molecule has 1 N–H and O–H groups in total. The Kier molecular flexibility index (Phi) is 4.50. The van der Waals surface area contributed by atoms with Crippen LogP contribution in [0.1, 0.15) is 29.7 Å². The van der Waals surface area contributed by atoms with Crippen LogP contribution in [0.4, 0.5) is 0 Å². The average Bonchev–Trinajstić information content (AvgIpc) is 2.37. The van der Waals surface area contributed by atoms with E-state index in [4.69, 9.17) is 0 Å². The second-order valence-corrected chi connectivity index (χ2v) is 5.19. The van der Waals surface area contributed by atoms with E-state index < -0.39 is 0 Å². The molecule has 1 aromatic heterocycles. The number of aryl methyl sites for hydroxylation is 1. The highest BCUT2D eigenvalue weighted by molar-refractivity contribution is 9.10. The molecule has 0 bridgehead atoms. The number of nitrogens with one attached hydrogen (secondary N) is 1. The van der Waals surface area contributed by atoms with Crippen LogP contribution in [-0.2, 0) is 0 Å². The zero-order chi connectivity index (χ0) is 13.0. The first-order valence-electron chi connectivity index (χ1n) is 6.11. The van der Waals surface area contributed by atoms with Gasteiger partial charge in [0.25, 0.3) is 0 Å². The molecule has 1 heterocycles.